The third-order valence-electron chi connectivity index (χ3n) is 5.17. The summed E-state index contributed by atoms with van der Waals surface area (Å²) in [6.45, 7) is 3.38. The summed E-state index contributed by atoms with van der Waals surface area (Å²) in [6.07, 6.45) is 7.50. The quantitative estimate of drug-likeness (QED) is 0.846. The van der Waals surface area contributed by atoms with E-state index in [4.69, 9.17) is 0 Å². The topological polar surface area (TPSA) is 49.3 Å². The smallest absolute Gasteiger partial charge is 0.272 e. The maximum atomic E-state index is 12.9. The molecule has 2 aliphatic rings. The van der Waals surface area contributed by atoms with Crippen molar-refractivity contribution < 1.29 is 4.79 Å². The molecule has 0 radical (unpaired) electrons. The molecule has 0 saturated carbocycles. The predicted molar refractivity (Wildman–Crippen MR) is 97.6 cm³/mol. The molecule has 5 heteroatoms. The number of benzene rings is 1. The number of aromatic nitrogens is 2. The Bertz CT molecular complexity index is 753. The fourth-order valence-electron chi connectivity index (χ4n) is 3.72. The van der Waals surface area contributed by atoms with Gasteiger partial charge in [0.05, 0.1) is 0 Å². The second-order valence-electron chi connectivity index (χ2n) is 6.89. The van der Waals surface area contributed by atoms with Gasteiger partial charge in [0.1, 0.15) is 5.69 Å². The van der Waals surface area contributed by atoms with Crippen molar-refractivity contribution in [2.45, 2.75) is 38.6 Å². The monoisotopic (exact) mass is 336 g/mol. The molecule has 130 valence electrons. The average molecular weight is 336 g/mol. The molecule has 0 atom stereocenters. The van der Waals surface area contributed by atoms with Crippen LogP contribution in [0.3, 0.4) is 0 Å². The van der Waals surface area contributed by atoms with Crippen LogP contribution in [-0.4, -0.2) is 40.4 Å². The first kappa shape index (κ1) is 16.1. The molecule has 25 heavy (non-hydrogen) atoms. The lowest BCUT2D eigenvalue weighted by Gasteiger charge is -2.29. The van der Waals surface area contributed by atoms with E-state index in [9.17, 15) is 4.79 Å². The van der Waals surface area contributed by atoms with E-state index < -0.39 is 0 Å². The first-order valence-corrected chi connectivity index (χ1v) is 9.25. The van der Waals surface area contributed by atoms with Gasteiger partial charge in [-0.25, -0.2) is 9.97 Å². The number of carbonyl (C=O) groups is 1. The van der Waals surface area contributed by atoms with Crippen LogP contribution in [0, 0.1) is 0 Å². The van der Waals surface area contributed by atoms with Crippen LogP contribution in [0.2, 0.25) is 0 Å². The van der Waals surface area contributed by atoms with Crippen LogP contribution in [0.25, 0.3) is 0 Å². The summed E-state index contributed by atoms with van der Waals surface area (Å²) in [4.78, 5) is 26.1. The van der Waals surface area contributed by atoms with Crippen LogP contribution in [0.1, 0.15) is 47.3 Å². The Morgan fingerprint density at radius 3 is 2.48 bits per heavy atom. The summed E-state index contributed by atoms with van der Waals surface area (Å²) in [7, 11) is 0. The number of nitrogens with zero attached hydrogens (tertiary/aromatic N) is 4. The number of hydrogen-bond acceptors (Lipinski definition) is 4. The Balaban J connectivity index is 1.52. The summed E-state index contributed by atoms with van der Waals surface area (Å²) in [5, 5.41) is 0. The van der Waals surface area contributed by atoms with Crippen molar-refractivity contribution in [3.63, 3.8) is 0 Å². The van der Waals surface area contributed by atoms with Gasteiger partial charge in [0.2, 0.25) is 5.95 Å². The van der Waals surface area contributed by atoms with Crippen molar-refractivity contribution in [3.05, 3.63) is 53.3 Å². The Morgan fingerprint density at radius 1 is 0.920 bits per heavy atom. The summed E-state index contributed by atoms with van der Waals surface area (Å²) >= 11 is 0. The second kappa shape index (κ2) is 7.21. The van der Waals surface area contributed by atoms with Gasteiger partial charge in [-0.3, -0.25) is 4.79 Å². The Morgan fingerprint density at radius 2 is 1.68 bits per heavy atom. The minimum Gasteiger partial charge on any atom is -0.341 e. The Hall–Kier alpha value is -2.43. The number of anilines is 1. The van der Waals surface area contributed by atoms with E-state index in [1.807, 2.05) is 11.0 Å². The van der Waals surface area contributed by atoms with E-state index in [0.717, 1.165) is 26.1 Å². The molecule has 0 unspecified atom stereocenters. The van der Waals surface area contributed by atoms with E-state index in [1.165, 1.54) is 36.8 Å². The molecule has 4 rings (SSSR count). The molecule has 1 aromatic carbocycles. The summed E-state index contributed by atoms with van der Waals surface area (Å²) in [5.41, 5.74) is 3.09. The molecular weight excluding hydrogens is 312 g/mol. The van der Waals surface area contributed by atoms with Crippen LogP contribution in [-0.2, 0) is 13.0 Å². The maximum absolute atomic E-state index is 12.9. The van der Waals surface area contributed by atoms with Crippen LogP contribution < -0.4 is 4.90 Å². The van der Waals surface area contributed by atoms with Gasteiger partial charge in [0, 0.05) is 32.4 Å². The zero-order valence-corrected chi connectivity index (χ0v) is 14.5. The van der Waals surface area contributed by atoms with E-state index in [0.29, 0.717) is 18.2 Å². The van der Waals surface area contributed by atoms with Gasteiger partial charge < -0.3 is 9.80 Å². The Labute approximate surface area is 148 Å². The van der Waals surface area contributed by atoms with E-state index >= 15 is 0 Å². The van der Waals surface area contributed by atoms with Crippen LogP contribution in [0.4, 0.5) is 5.95 Å². The number of hydrogen-bond donors (Lipinski definition) is 0. The molecule has 1 amide bonds. The van der Waals surface area contributed by atoms with Crippen molar-refractivity contribution in [2.24, 2.45) is 0 Å². The average Bonchev–Trinajstić information content (AvgIpc) is 2.97. The fourth-order valence-corrected chi connectivity index (χ4v) is 3.72. The molecule has 1 saturated heterocycles. The predicted octanol–water partition coefficient (Wildman–Crippen LogP) is 3.06. The first-order chi connectivity index (χ1) is 12.3. The van der Waals surface area contributed by atoms with Crippen molar-refractivity contribution >= 4 is 11.9 Å². The molecule has 0 spiro atoms. The van der Waals surface area contributed by atoms with E-state index in [2.05, 4.69) is 33.1 Å². The van der Waals surface area contributed by atoms with Crippen molar-refractivity contribution in [1.29, 1.82) is 0 Å². The van der Waals surface area contributed by atoms with Crippen molar-refractivity contribution in [3.8, 4) is 0 Å². The number of carbonyl (C=O) groups excluding carboxylic acids is 1. The zero-order chi connectivity index (χ0) is 17.1. The fraction of sp³-hybridized carbons (Fsp3) is 0.450. The van der Waals surface area contributed by atoms with Gasteiger partial charge in [-0.05, 0) is 36.5 Å². The zero-order valence-electron chi connectivity index (χ0n) is 14.5. The number of amides is 1. The van der Waals surface area contributed by atoms with Gasteiger partial charge >= 0.3 is 0 Å². The molecule has 1 aromatic heterocycles. The van der Waals surface area contributed by atoms with Crippen molar-refractivity contribution in [2.75, 3.05) is 24.5 Å². The molecule has 5 nitrogen and oxygen atoms in total. The molecule has 1 fully saturated rings. The van der Waals surface area contributed by atoms with Crippen molar-refractivity contribution in [1.82, 2.24) is 14.9 Å². The molecular formula is C20H24N4O. The molecule has 2 aliphatic heterocycles. The molecule has 3 heterocycles. The van der Waals surface area contributed by atoms with Gasteiger partial charge in [-0.2, -0.15) is 0 Å². The van der Waals surface area contributed by atoms with Gasteiger partial charge in [-0.1, -0.05) is 37.1 Å². The third kappa shape index (κ3) is 3.50. The first-order valence-electron chi connectivity index (χ1n) is 9.25. The van der Waals surface area contributed by atoms with Crippen LogP contribution >= 0.6 is 0 Å². The highest BCUT2D eigenvalue weighted by Gasteiger charge is 2.23. The van der Waals surface area contributed by atoms with Gasteiger partial charge in [-0.15, -0.1) is 0 Å². The lowest BCUT2D eigenvalue weighted by atomic mass is 10.00. The minimum absolute atomic E-state index is 0.00738. The highest BCUT2D eigenvalue weighted by molar-refractivity contribution is 5.92. The molecule has 0 N–H and O–H groups in total. The lowest BCUT2D eigenvalue weighted by Crippen LogP contribution is -2.36. The molecule has 0 bridgehead atoms. The molecule has 0 aliphatic carbocycles. The second-order valence-corrected chi connectivity index (χ2v) is 6.89. The summed E-state index contributed by atoms with van der Waals surface area (Å²) in [5.74, 6) is 0.707. The minimum atomic E-state index is 0.00738. The molecule has 2 aromatic rings. The Kier molecular flexibility index (Phi) is 4.63. The maximum Gasteiger partial charge on any atom is 0.272 e. The van der Waals surface area contributed by atoms with Gasteiger partial charge in [0.25, 0.3) is 5.91 Å². The largest absolute Gasteiger partial charge is 0.341 e. The SMILES string of the molecule is O=C(c1ccnc(N2CCCCCC2)n1)N1CCc2ccccc2C1. The van der Waals surface area contributed by atoms with Crippen LogP contribution in [0.5, 0.6) is 0 Å². The normalized spacial score (nSPS) is 17.8. The third-order valence-corrected chi connectivity index (χ3v) is 5.17. The number of rotatable bonds is 2. The van der Waals surface area contributed by atoms with Gasteiger partial charge in [0.15, 0.2) is 0 Å². The summed E-state index contributed by atoms with van der Waals surface area (Å²) < 4.78 is 0. The standard InChI is InChI=1S/C20H24N4O/c25-19(24-14-10-16-7-3-4-8-17(16)15-24)18-9-11-21-20(22-18)23-12-5-1-2-6-13-23/h3-4,7-9,11H,1-2,5-6,10,12-15H2. The summed E-state index contributed by atoms with van der Waals surface area (Å²) in [6, 6.07) is 10.1. The lowest BCUT2D eigenvalue weighted by molar-refractivity contribution is 0.0728. The van der Waals surface area contributed by atoms with Crippen LogP contribution in [0.15, 0.2) is 36.5 Å². The van der Waals surface area contributed by atoms with E-state index in [-0.39, 0.29) is 5.91 Å². The van der Waals surface area contributed by atoms with E-state index in [1.54, 1.807) is 12.3 Å². The highest BCUT2D eigenvalue weighted by Crippen LogP contribution is 2.21. The number of fused-ring (bicyclic) bond motifs is 1. The highest BCUT2D eigenvalue weighted by atomic mass is 16.2.